The average Bonchev–Trinajstić information content (AvgIpc) is 2.28. The van der Waals surface area contributed by atoms with Crippen molar-refractivity contribution in [2.24, 2.45) is 11.5 Å². The normalized spacial score (nSPS) is 13.1. The van der Waals surface area contributed by atoms with Crippen molar-refractivity contribution in [1.82, 2.24) is 4.90 Å². The van der Waals surface area contributed by atoms with Crippen molar-refractivity contribution in [2.75, 3.05) is 26.7 Å². The van der Waals surface area contributed by atoms with E-state index < -0.39 is 0 Å². The number of hydrogen-bond acceptors (Lipinski definition) is 3. The third kappa shape index (κ3) is 4.94. The Morgan fingerprint density at radius 3 is 2.50 bits per heavy atom. The SMILES string of the molecule is CN(CCc1ccc(Cl)cc1)CC(N)CN. The van der Waals surface area contributed by atoms with E-state index in [0.717, 1.165) is 24.5 Å². The highest BCUT2D eigenvalue weighted by Crippen LogP contribution is 2.10. The molecule has 3 nitrogen and oxygen atoms in total. The molecular weight excluding hydrogens is 222 g/mol. The molecule has 0 spiro atoms. The van der Waals surface area contributed by atoms with Gasteiger partial charge in [0.1, 0.15) is 0 Å². The van der Waals surface area contributed by atoms with Crippen molar-refractivity contribution < 1.29 is 0 Å². The van der Waals surface area contributed by atoms with E-state index in [9.17, 15) is 0 Å². The average molecular weight is 242 g/mol. The van der Waals surface area contributed by atoms with Crippen LogP contribution in [-0.4, -0.2) is 37.6 Å². The summed E-state index contributed by atoms with van der Waals surface area (Å²) in [6.07, 6.45) is 1.00. The Hall–Kier alpha value is -0.610. The van der Waals surface area contributed by atoms with Gasteiger partial charge in [0.05, 0.1) is 0 Å². The van der Waals surface area contributed by atoms with Gasteiger partial charge < -0.3 is 16.4 Å². The highest BCUT2D eigenvalue weighted by atomic mass is 35.5. The first-order valence-corrected chi connectivity index (χ1v) is 5.88. The summed E-state index contributed by atoms with van der Waals surface area (Å²) in [5.41, 5.74) is 12.5. The second-order valence-electron chi connectivity index (χ2n) is 4.13. The summed E-state index contributed by atoms with van der Waals surface area (Å²) < 4.78 is 0. The lowest BCUT2D eigenvalue weighted by atomic mass is 10.1. The van der Waals surface area contributed by atoms with Gasteiger partial charge in [-0.05, 0) is 31.2 Å². The van der Waals surface area contributed by atoms with Crippen LogP contribution in [-0.2, 0) is 6.42 Å². The molecule has 0 radical (unpaired) electrons. The molecule has 90 valence electrons. The minimum Gasteiger partial charge on any atom is -0.329 e. The Balaban J connectivity index is 2.31. The number of halogens is 1. The van der Waals surface area contributed by atoms with Gasteiger partial charge in [-0.2, -0.15) is 0 Å². The second-order valence-corrected chi connectivity index (χ2v) is 4.57. The zero-order chi connectivity index (χ0) is 12.0. The zero-order valence-electron chi connectivity index (χ0n) is 9.70. The van der Waals surface area contributed by atoms with E-state index in [-0.39, 0.29) is 6.04 Å². The van der Waals surface area contributed by atoms with Gasteiger partial charge in [0.25, 0.3) is 0 Å². The third-order valence-electron chi connectivity index (χ3n) is 2.54. The molecule has 0 saturated carbocycles. The van der Waals surface area contributed by atoms with Crippen LogP contribution in [0.2, 0.25) is 5.02 Å². The Morgan fingerprint density at radius 1 is 1.31 bits per heavy atom. The first-order valence-electron chi connectivity index (χ1n) is 5.50. The van der Waals surface area contributed by atoms with E-state index >= 15 is 0 Å². The van der Waals surface area contributed by atoms with Crippen molar-refractivity contribution in [3.05, 3.63) is 34.9 Å². The second kappa shape index (κ2) is 6.86. The Labute approximate surface area is 102 Å². The predicted octanol–water partition coefficient (Wildman–Crippen LogP) is 1.10. The van der Waals surface area contributed by atoms with E-state index in [2.05, 4.69) is 24.1 Å². The number of benzene rings is 1. The van der Waals surface area contributed by atoms with Crippen LogP contribution in [0.5, 0.6) is 0 Å². The molecule has 1 aromatic rings. The summed E-state index contributed by atoms with van der Waals surface area (Å²) in [6, 6.07) is 8.01. The van der Waals surface area contributed by atoms with Crippen LogP contribution in [0.4, 0.5) is 0 Å². The quantitative estimate of drug-likeness (QED) is 0.784. The molecular formula is C12H20ClN3. The standard InChI is InChI=1S/C12H20ClN3/c1-16(9-12(15)8-14)7-6-10-2-4-11(13)5-3-10/h2-5,12H,6-9,14-15H2,1H3. The van der Waals surface area contributed by atoms with Crippen LogP contribution in [0.15, 0.2) is 24.3 Å². The van der Waals surface area contributed by atoms with Crippen LogP contribution in [0.3, 0.4) is 0 Å². The van der Waals surface area contributed by atoms with Crippen LogP contribution in [0.1, 0.15) is 5.56 Å². The van der Waals surface area contributed by atoms with Crippen LogP contribution >= 0.6 is 11.6 Å². The fourth-order valence-corrected chi connectivity index (χ4v) is 1.66. The first-order chi connectivity index (χ1) is 7.61. The van der Waals surface area contributed by atoms with Gasteiger partial charge in [-0.25, -0.2) is 0 Å². The monoisotopic (exact) mass is 241 g/mol. The summed E-state index contributed by atoms with van der Waals surface area (Å²) >= 11 is 5.82. The topological polar surface area (TPSA) is 55.3 Å². The maximum atomic E-state index is 5.82. The van der Waals surface area contributed by atoms with Crippen LogP contribution < -0.4 is 11.5 Å². The molecule has 1 rings (SSSR count). The molecule has 1 unspecified atom stereocenters. The summed E-state index contributed by atoms with van der Waals surface area (Å²) in [7, 11) is 2.06. The third-order valence-corrected chi connectivity index (χ3v) is 2.80. The summed E-state index contributed by atoms with van der Waals surface area (Å²) in [6.45, 7) is 2.35. The lowest BCUT2D eigenvalue weighted by molar-refractivity contribution is 0.316. The van der Waals surface area contributed by atoms with Gasteiger partial charge in [-0.15, -0.1) is 0 Å². The number of rotatable bonds is 6. The van der Waals surface area contributed by atoms with Crippen molar-refractivity contribution in [3.8, 4) is 0 Å². The van der Waals surface area contributed by atoms with E-state index in [4.69, 9.17) is 23.1 Å². The molecule has 0 aliphatic heterocycles. The zero-order valence-corrected chi connectivity index (χ0v) is 10.5. The molecule has 0 aromatic heterocycles. The maximum Gasteiger partial charge on any atom is 0.0406 e. The largest absolute Gasteiger partial charge is 0.329 e. The number of likely N-dealkylation sites (N-methyl/N-ethyl adjacent to an activating group) is 1. The van der Waals surface area contributed by atoms with Crippen LogP contribution in [0, 0.1) is 0 Å². The minimum atomic E-state index is 0.0650. The van der Waals surface area contributed by atoms with Gasteiger partial charge in [-0.1, -0.05) is 23.7 Å². The van der Waals surface area contributed by atoms with Gasteiger partial charge >= 0.3 is 0 Å². The van der Waals surface area contributed by atoms with E-state index in [1.165, 1.54) is 5.56 Å². The summed E-state index contributed by atoms with van der Waals surface area (Å²) in [4.78, 5) is 2.20. The molecule has 0 bridgehead atoms. The van der Waals surface area contributed by atoms with Crippen molar-refractivity contribution >= 4 is 11.6 Å². The lowest BCUT2D eigenvalue weighted by Gasteiger charge is -2.20. The van der Waals surface area contributed by atoms with Crippen LogP contribution in [0.25, 0.3) is 0 Å². The molecule has 0 aliphatic rings. The van der Waals surface area contributed by atoms with Crippen molar-refractivity contribution in [3.63, 3.8) is 0 Å². The summed E-state index contributed by atoms with van der Waals surface area (Å²) in [5, 5.41) is 0.780. The van der Waals surface area contributed by atoms with Gasteiger partial charge in [0.15, 0.2) is 0 Å². The smallest absolute Gasteiger partial charge is 0.0406 e. The molecule has 0 aliphatic carbocycles. The highest BCUT2D eigenvalue weighted by Gasteiger charge is 2.04. The van der Waals surface area contributed by atoms with Gasteiger partial charge in [-0.3, -0.25) is 0 Å². The molecule has 0 fully saturated rings. The minimum absolute atomic E-state index is 0.0650. The number of hydrogen-bond donors (Lipinski definition) is 2. The highest BCUT2D eigenvalue weighted by molar-refractivity contribution is 6.30. The number of nitrogens with two attached hydrogens (primary N) is 2. The van der Waals surface area contributed by atoms with E-state index in [1.807, 2.05) is 12.1 Å². The Kier molecular flexibility index (Phi) is 5.77. The molecule has 1 aromatic carbocycles. The van der Waals surface area contributed by atoms with Gasteiger partial charge in [0.2, 0.25) is 0 Å². The molecule has 1 atom stereocenters. The van der Waals surface area contributed by atoms with E-state index in [1.54, 1.807) is 0 Å². The maximum absolute atomic E-state index is 5.82. The fraction of sp³-hybridized carbons (Fsp3) is 0.500. The molecule has 0 amide bonds. The predicted molar refractivity (Wildman–Crippen MR) is 69.7 cm³/mol. The molecule has 4 N–H and O–H groups in total. The molecule has 0 saturated heterocycles. The molecule has 0 heterocycles. The van der Waals surface area contributed by atoms with E-state index in [0.29, 0.717) is 6.54 Å². The van der Waals surface area contributed by atoms with Gasteiger partial charge in [0, 0.05) is 30.7 Å². The first kappa shape index (κ1) is 13.5. The Bertz CT molecular complexity index is 300. The summed E-state index contributed by atoms with van der Waals surface area (Å²) in [5.74, 6) is 0. The Morgan fingerprint density at radius 2 is 1.94 bits per heavy atom. The van der Waals surface area contributed by atoms with Crippen molar-refractivity contribution in [1.29, 1.82) is 0 Å². The number of nitrogens with zero attached hydrogens (tertiary/aromatic N) is 1. The van der Waals surface area contributed by atoms with Crippen molar-refractivity contribution in [2.45, 2.75) is 12.5 Å². The fourth-order valence-electron chi connectivity index (χ4n) is 1.54. The lowest BCUT2D eigenvalue weighted by Crippen LogP contribution is -2.41. The molecule has 16 heavy (non-hydrogen) atoms. The molecule has 4 heteroatoms.